The molecule has 0 aliphatic carbocycles. The third-order valence-corrected chi connectivity index (χ3v) is 4.45. The number of rotatable bonds is 5. The number of methoxy groups -OCH3 is 2. The van der Waals surface area contributed by atoms with E-state index in [4.69, 9.17) is 14.5 Å². The Morgan fingerprint density at radius 1 is 0.929 bits per heavy atom. The highest BCUT2D eigenvalue weighted by atomic mass is 16.5. The number of carbonyl (C=O) groups excluding carboxylic acids is 1. The van der Waals surface area contributed by atoms with E-state index < -0.39 is 0 Å². The molecule has 6 nitrogen and oxygen atoms in total. The maximum Gasteiger partial charge on any atom is 0.256 e. The third kappa shape index (κ3) is 3.16. The van der Waals surface area contributed by atoms with Crippen LogP contribution in [0.15, 0.2) is 72.9 Å². The Balaban J connectivity index is 1.76. The fourth-order valence-electron chi connectivity index (χ4n) is 3.07. The lowest BCUT2D eigenvalue weighted by molar-refractivity contribution is 0.102. The van der Waals surface area contributed by atoms with Gasteiger partial charge in [-0.2, -0.15) is 0 Å². The highest BCUT2D eigenvalue weighted by Crippen LogP contribution is 2.31. The molecule has 0 fully saturated rings. The van der Waals surface area contributed by atoms with Crippen LogP contribution in [0.5, 0.6) is 11.5 Å². The van der Waals surface area contributed by atoms with Gasteiger partial charge in [0.1, 0.15) is 17.2 Å². The molecule has 0 aliphatic rings. The Labute approximate surface area is 162 Å². The first-order valence-electron chi connectivity index (χ1n) is 8.77. The predicted octanol–water partition coefficient (Wildman–Crippen LogP) is 4.27. The summed E-state index contributed by atoms with van der Waals surface area (Å²) in [5.41, 5.74) is 2.85. The lowest BCUT2D eigenvalue weighted by Gasteiger charge is -2.11. The topological polar surface area (TPSA) is 64.9 Å². The molecule has 2 aromatic heterocycles. The maximum atomic E-state index is 13.0. The Bertz CT molecular complexity index is 1140. The van der Waals surface area contributed by atoms with E-state index in [-0.39, 0.29) is 5.91 Å². The molecule has 0 radical (unpaired) electrons. The summed E-state index contributed by atoms with van der Waals surface area (Å²) in [6, 6.07) is 20.5. The molecule has 2 heterocycles. The molecular weight excluding hydrogens is 354 g/mol. The van der Waals surface area contributed by atoms with Crippen LogP contribution in [0.2, 0.25) is 0 Å². The normalized spacial score (nSPS) is 10.6. The highest BCUT2D eigenvalue weighted by molar-refractivity contribution is 6.06. The highest BCUT2D eigenvalue weighted by Gasteiger charge is 2.18. The molecule has 0 aliphatic heterocycles. The summed E-state index contributed by atoms with van der Waals surface area (Å²) in [5.74, 6) is 1.42. The molecule has 0 saturated carbocycles. The average Bonchev–Trinajstić information content (AvgIpc) is 3.12. The number of pyridine rings is 1. The van der Waals surface area contributed by atoms with Crippen LogP contribution in [-0.2, 0) is 0 Å². The SMILES string of the molecule is COc1ccc(C(=O)Nc2c(-c3ccccc3)nc3ccccn23)cc1OC. The van der Waals surface area contributed by atoms with Crippen molar-refractivity contribution >= 4 is 17.4 Å². The van der Waals surface area contributed by atoms with Crippen molar-refractivity contribution in [2.75, 3.05) is 19.5 Å². The number of ether oxygens (including phenoxy) is 2. The van der Waals surface area contributed by atoms with Crippen molar-refractivity contribution in [3.8, 4) is 22.8 Å². The Hall–Kier alpha value is -3.80. The first-order valence-corrected chi connectivity index (χ1v) is 8.77. The zero-order valence-corrected chi connectivity index (χ0v) is 15.5. The minimum Gasteiger partial charge on any atom is -0.493 e. The molecule has 4 rings (SSSR count). The van der Waals surface area contributed by atoms with Gasteiger partial charge in [0.2, 0.25) is 0 Å². The third-order valence-electron chi connectivity index (χ3n) is 4.45. The van der Waals surface area contributed by atoms with Crippen LogP contribution in [0.1, 0.15) is 10.4 Å². The van der Waals surface area contributed by atoms with Gasteiger partial charge in [0.25, 0.3) is 5.91 Å². The van der Waals surface area contributed by atoms with Crippen molar-refractivity contribution in [2.45, 2.75) is 0 Å². The van der Waals surface area contributed by atoms with E-state index in [1.54, 1.807) is 25.3 Å². The predicted molar refractivity (Wildman–Crippen MR) is 108 cm³/mol. The standard InChI is InChI=1S/C22H19N3O3/c1-27-17-12-11-16(14-18(17)28-2)22(26)24-21-20(15-8-4-3-5-9-15)23-19-10-6-7-13-25(19)21/h3-14H,1-2H3,(H,24,26). The monoisotopic (exact) mass is 373 g/mol. The molecule has 0 bridgehead atoms. The summed E-state index contributed by atoms with van der Waals surface area (Å²) in [6.07, 6.45) is 1.87. The van der Waals surface area contributed by atoms with Crippen LogP contribution >= 0.6 is 0 Å². The molecule has 4 aromatic rings. The van der Waals surface area contributed by atoms with Crippen molar-refractivity contribution in [3.05, 3.63) is 78.5 Å². The van der Waals surface area contributed by atoms with E-state index in [0.29, 0.717) is 28.6 Å². The molecule has 28 heavy (non-hydrogen) atoms. The summed E-state index contributed by atoms with van der Waals surface area (Å²) < 4.78 is 12.4. The number of amides is 1. The number of hydrogen-bond donors (Lipinski definition) is 1. The summed E-state index contributed by atoms with van der Waals surface area (Å²) in [7, 11) is 3.10. The van der Waals surface area contributed by atoms with Gasteiger partial charge in [0, 0.05) is 17.3 Å². The molecule has 6 heteroatoms. The Kier molecular flexibility index (Phi) is 4.68. The van der Waals surface area contributed by atoms with Gasteiger partial charge < -0.3 is 14.8 Å². The molecule has 1 amide bonds. The fraction of sp³-hybridized carbons (Fsp3) is 0.0909. The molecular formula is C22H19N3O3. The van der Waals surface area contributed by atoms with Crippen LogP contribution in [0.4, 0.5) is 5.82 Å². The van der Waals surface area contributed by atoms with Crippen LogP contribution in [0.25, 0.3) is 16.9 Å². The van der Waals surface area contributed by atoms with Crippen molar-refractivity contribution in [3.63, 3.8) is 0 Å². The molecule has 0 unspecified atom stereocenters. The zero-order chi connectivity index (χ0) is 19.5. The summed E-state index contributed by atoms with van der Waals surface area (Å²) in [5, 5.41) is 3.00. The fourth-order valence-corrected chi connectivity index (χ4v) is 3.07. The molecule has 0 spiro atoms. The van der Waals surface area contributed by atoms with Crippen LogP contribution < -0.4 is 14.8 Å². The van der Waals surface area contributed by atoms with Gasteiger partial charge in [-0.15, -0.1) is 0 Å². The van der Waals surface area contributed by atoms with Crippen molar-refractivity contribution < 1.29 is 14.3 Å². The smallest absolute Gasteiger partial charge is 0.256 e. The Morgan fingerprint density at radius 3 is 2.43 bits per heavy atom. The summed E-state index contributed by atoms with van der Waals surface area (Å²) >= 11 is 0. The zero-order valence-electron chi connectivity index (χ0n) is 15.5. The number of fused-ring (bicyclic) bond motifs is 1. The van der Waals surface area contributed by atoms with Gasteiger partial charge in [-0.05, 0) is 30.3 Å². The minimum absolute atomic E-state index is 0.260. The number of anilines is 1. The largest absolute Gasteiger partial charge is 0.493 e. The van der Waals surface area contributed by atoms with Gasteiger partial charge in [-0.25, -0.2) is 4.98 Å². The molecule has 140 valence electrons. The minimum atomic E-state index is -0.260. The van der Waals surface area contributed by atoms with Crippen molar-refractivity contribution in [1.29, 1.82) is 0 Å². The molecule has 1 N–H and O–H groups in total. The lowest BCUT2D eigenvalue weighted by Crippen LogP contribution is -2.14. The molecule has 0 saturated heterocycles. The van der Waals surface area contributed by atoms with Crippen LogP contribution in [0, 0.1) is 0 Å². The number of imidazole rings is 1. The summed E-state index contributed by atoms with van der Waals surface area (Å²) in [6.45, 7) is 0. The van der Waals surface area contributed by atoms with Crippen LogP contribution in [0.3, 0.4) is 0 Å². The van der Waals surface area contributed by atoms with E-state index in [0.717, 1.165) is 11.2 Å². The number of aromatic nitrogens is 2. The van der Waals surface area contributed by atoms with Gasteiger partial charge >= 0.3 is 0 Å². The van der Waals surface area contributed by atoms with E-state index in [9.17, 15) is 4.79 Å². The van der Waals surface area contributed by atoms with E-state index in [1.165, 1.54) is 7.11 Å². The van der Waals surface area contributed by atoms with Crippen molar-refractivity contribution in [2.24, 2.45) is 0 Å². The second-order valence-corrected chi connectivity index (χ2v) is 6.13. The lowest BCUT2D eigenvalue weighted by atomic mass is 10.1. The van der Waals surface area contributed by atoms with Crippen LogP contribution in [-0.4, -0.2) is 29.5 Å². The van der Waals surface area contributed by atoms with Gasteiger partial charge in [-0.1, -0.05) is 36.4 Å². The van der Waals surface area contributed by atoms with E-state index >= 15 is 0 Å². The number of benzene rings is 2. The van der Waals surface area contributed by atoms with E-state index in [2.05, 4.69) is 5.32 Å². The molecule has 2 aromatic carbocycles. The number of hydrogen-bond acceptors (Lipinski definition) is 4. The number of carbonyl (C=O) groups is 1. The second kappa shape index (κ2) is 7.44. The Morgan fingerprint density at radius 2 is 1.68 bits per heavy atom. The van der Waals surface area contributed by atoms with Gasteiger partial charge in [-0.3, -0.25) is 9.20 Å². The first-order chi connectivity index (χ1) is 13.7. The maximum absolute atomic E-state index is 13.0. The first kappa shape index (κ1) is 17.6. The molecule has 0 atom stereocenters. The quantitative estimate of drug-likeness (QED) is 0.567. The average molecular weight is 373 g/mol. The van der Waals surface area contributed by atoms with Gasteiger partial charge in [0.15, 0.2) is 11.5 Å². The number of nitrogens with one attached hydrogen (secondary N) is 1. The van der Waals surface area contributed by atoms with E-state index in [1.807, 2.05) is 59.1 Å². The number of nitrogens with zero attached hydrogens (tertiary/aromatic N) is 2. The summed E-state index contributed by atoms with van der Waals surface area (Å²) in [4.78, 5) is 17.7. The van der Waals surface area contributed by atoms with Crippen molar-refractivity contribution in [1.82, 2.24) is 9.38 Å². The van der Waals surface area contributed by atoms with Gasteiger partial charge in [0.05, 0.1) is 14.2 Å². The second-order valence-electron chi connectivity index (χ2n) is 6.13.